The number of rotatable bonds is 3. The number of hydrogen-bond acceptors (Lipinski definition) is 3. The molecule has 0 bridgehead atoms. The van der Waals surface area contributed by atoms with E-state index in [1.807, 2.05) is 0 Å². The summed E-state index contributed by atoms with van der Waals surface area (Å²) in [6.45, 7) is 2.51. The molecule has 5 nitrogen and oxygen atoms in total. The number of H-pyrrole nitrogens is 1. The van der Waals surface area contributed by atoms with Crippen LogP contribution in [-0.2, 0) is 10.3 Å². The van der Waals surface area contributed by atoms with Gasteiger partial charge >= 0.3 is 0 Å². The number of aryl methyl sites for hydroxylation is 1. The summed E-state index contributed by atoms with van der Waals surface area (Å²) in [7, 11) is 0. The molecule has 0 radical (unpaired) electrons. The SMILES string of the molecule is Cc1ncc(C(=O)NC2(c3ccc(F)cc3F)CCOCC2)[nH]1. The van der Waals surface area contributed by atoms with Crippen LogP contribution < -0.4 is 5.32 Å². The van der Waals surface area contributed by atoms with Crippen molar-refractivity contribution in [2.45, 2.75) is 25.3 Å². The molecule has 1 amide bonds. The fourth-order valence-corrected chi connectivity index (χ4v) is 2.88. The van der Waals surface area contributed by atoms with E-state index in [1.165, 1.54) is 18.3 Å². The molecule has 2 N–H and O–H groups in total. The molecule has 122 valence electrons. The summed E-state index contributed by atoms with van der Waals surface area (Å²) in [4.78, 5) is 19.3. The van der Waals surface area contributed by atoms with E-state index < -0.39 is 17.2 Å². The molecule has 23 heavy (non-hydrogen) atoms. The molecule has 0 unspecified atom stereocenters. The fourth-order valence-electron chi connectivity index (χ4n) is 2.88. The standard InChI is InChI=1S/C16H17F2N3O2/c1-10-19-9-14(20-10)15(22)21-16(4-6-23-7-5-16)12-3-2-11(17)8-13(12)18/h2-3,8-9H,4-7H2,1H3,(H,19,20)(H,21,22). The predicted octanol–water partition coefficient (Wildman–Crippen LogP) is 2.43. The second-order valence-corrected chi connectivity index (χ2v) is 5.66. The van der Waals surface area contributed by atoms with Gasteiger partial charge in [-0.15, -0.1) is 0 Å². The van der Waals surface area contributed by atoms with E-state index in [0.29, 0.717) is 37.6 Å². The lowest BCUT2D eigenvalue weighted by atomic mass is 9.82. The van der Waals surface area contributed by atoms with Gasteiger partial charge in [0.1, 0.15) is 23.2 Å². The zero-order valence-corrected chi connectivity index (χ0v) is 12.7. The van der Waals surface area contributed by atoms with Crippen molar-refractivity contribution in [3.05, 3.63) is 53.1 Å². The van der Waals surface area contributed by atoms with Crippen molar-refractivity contribution in [1.29, 1.82) is 0 Å². The third-order valence-corrected chi connectivity index (χ3v) is 4.09. The summed E-state index contributed by atoms with van der Waals surface area (Å²) in [5, 5.41) is 2.89. The van der Waals surface area contributed by atoms with Gasteiger partial charge in [-0.3, -0.25) is 4.79 Å². The third-order valence-electron chi connectivity index (χ3n) is 4.09. The van der Waals surface area contributed by atoms with E-state index in [2.05, 4.69) is 15.3 Å². The zero-order valence-electron chi connectivity index (χ0n) is 12.7. The number of nitrogens with zero attached hydrogens (tertiary/aromatic N) is 1. The van der Waals surface area contributed by atoms with Crippen LogP contribution in [0.4, 0.5) is 8.78 Å². The summed E-state index contributed by atoms with van der Waals surface area (Å²) in [6.07, 6.45) is 2.25. The van der Waals surface area contributed by atoms with Crippen molar-refractivity contribution in [2.24, 2.45) is 0 Å². The molecule has 0 aliphatic carbocycles. The number of nitrogens with one attached hydrogen (secondary N) is 2. The summed E-state index contributed by atoms with van der Waals surface area (Å²) in [6, 6.07) is 3.41. The van der Waals surface area contributed by atoms with Crippen molar-refractivity contribution in [3.8, 4) is 0 Å². The Morgan fingerprint density at radius 3 is 2.70 bits per heavy atom. The molecule has 0 atom stereocenters. The molecule has 0 spiro atoms. The van der Waals surface area contributed by atoms with Crippen LogP contribution in [0, 0.1) is 18.6 Å². The average molecular weight is 321 g/mol. The van der Waals surface area contributed by atoms with Gasteiger partial charge in [0.05, 0.1) is 11.7 Å². The number of ether oxygens (including phenoxy) is 1. The number of carbonyl (C=O) groups excluding carboxylic acids is 1. The van der Waals surface area contributed by atoms with Gasteiger partial charge in [-0.25, -0.2) is 13.8 Å². The fraction of sp³-hybridized carbons (Fsp3) is 0.375. The minimum Gasteiger partial charge on any atom is -0.381 e. The molecule has 3 rings (SSSR count). The Hall–Kier alpha value is -2.28. The second kappa shape index (κ2) is 6.08. The topological polar surface area (TPSA) is 67.0 Å². The maximum Gasteiger partial charge on any atom is 0.270 e. The molecule has 1 aliphatic rings. The first-order valence-corrected chi connectivity index (χ1v) is 7.38. The molecule has 1 aliphatic heterocycles. The third kappa shape index (κ3) is 3.10. The highest BCUT2D eigenvalue weighted by Crippen LogP contribution is 2.34. The molecule has 1 aromatic heterocycles. The Morgan fingerprint density at radius 2 is 2.09 bits per heavy atom. The molecular weight excluding hydrogens is 304 g/mol. The molecule has 2 aromatic rings. The van der Waals surface area contributed by atoms with E-state index in [4.69, 9.17) is 4.74 Å². The predicted molar refractivity (Wildman–Crippen MR) is 78.9 cm³/mol. The van der Waals surface area contributed by atoms with Crippen LogP contribution in [0.3, 0.4) is 0 Å². The molecule has 7 heteroatoms. The number of halogens is 2. The lowest BCUT2D eigenvalue weighted by Gasteiger charge is -2.38. The minimum atomic E-state index is -0.924. The van der Waals surface area contributed by atoms with Crippen LogP contribution in [0.15, 0.2) is 24.4 Å². The summed E-state index contributed by atoms with van der Waals surface area (Å²) in [5.41, 5.74) is -0.353. The van der Waals surface area contributed by atoms with Gasteiger partial charge in [0.25, 0.3) is 5.91 Å². The van der Waals surface area contributed by atoms with Crippen molar-refractivity contribution in [2.75, 3.05) is 13.2 Å². The summed E-state index contributed by atoms with van der Waals surface area (Å²) in [5.74, 6) is -1.09. The van der Waals surface area contributed by atoms with Crippen LogP contribution in [0.25, 0.3) is 0 Å². The van der Waals surface area contributed by atoms with Crippen LogP contribution in [0.5, 0.6) is 0 Å². The highest BCUT2D eigenvalue weighted by Gasteiger charge is 2.38. The number of aromatic amines is 1. The Kier molecular flexibility index (Phi) is 4.12. The zero-order chi connectivity index (χ0) is 16.4. The quantitative estimate of drug-likeness (QED) is 0.912. The maximum atomic E-state index is 14.3. The van der Waals surface area contributed by atoms with Gasteiger partial charge in [-0.2, -0.15) is 0 Å². The lowest BCUT2D eigenvalue weighted by molar-refractivity contribution is 0.0332. The first-order valence-electron chi connectivity index (χ1n) is 7.38. The van der Waals surface area contributed by atoms with E-state index in [1.54, 1.807) is 6.92 Å². The first-order chi connectivity index (χ1) is 11.0. The lowest BCUT2D eigenvalue weighted by Crippen LogP contribution is -2.50. The van der Waals surface area contributed by atoms with E-state index in [9.17, 15) is 13.6 Å². The molecule has 2 heterocycles. The minimum absolute atomic E-state index is 0.270. The summed E-state index contributed by atoms with van der Waals surface area (Å²) < 4.78 is 32.8. The van der Waals surface area contributed by atoms with E-state index in [-0.39, 0.29) is 11.5 Å². The molecule has 1 aromatic carbocycles. The first kappa shape index (κ1) is 15.6. The van der Waals surface area contributed by atoms with Crippen molar-refractivity contribution in [1.82, 2.24) is 15.3 Å². The Labute approximate surface area is 132 Å². The number of imidazole rings is 1. The van der Waals surface area contributed by atoms with Gasteiger partial charge in [-0.05, 0) is 25.8 Å². The maximum absolute atomic E-state index is 14.3. The summed E-state index contributed by atoms with van der Waals surface area (Å²) >= 11 is 0. The Balaban J connectivity index is 1.95. The Bertz CT molecular complexity index is 724. The normalized spacial score (nSPS) is 17.0. The number of amides is 1. The largest absolute Gasteiger partial charge is 0.381 e. The van der Waals surface area contributed by atoms with Gasteiger partial charge in [-0.1, -0.05) is 6.07 Å². The van der Waals surface area contributed by atoms with Gasteiger partial charge < -0.3 is 15.0 Å². The second-order valence-electron chi connectivity index (χ2n) is 5.66. The van der Waals surface area contributed by atoms with Gasteiger partial charge in [0.2, 0.25) is 0 Å². The van der Waals surface area contributed by atoms with Crippen molar-refractivity contribution < 1.29 is 18.3 Å². The van der Waals surface area contributed by atoms with Crippen molar-refractivity contribution >= 4 is 5.91 Å². The number of benzene rings is 1. The van der Waals surface area contributed by atoms with Crippen molar-refractivity contribution in [3.63, 3.8) is 0 Å². The monoisotopic (exact) mass is 321 g/mol. The Morgan fingerprint density at radius 1 is 1.35 bits per heavy atom. The van der Waals surface area contributed by atoms with Crippen LogP contribution in [-0.4, -0.2) is 29.1 Å². The number of carbonyl (C=O) groups is 1. The number of aromatic nitrogens is 2. The molecular formula is C16H17F2N3O2. The smallest absolute Gasteiger partial charge is 0.270 e. The van der Waals surface area contributed by atoms with Gasteiger partial charge in [0.15, 0.2) is 0 Å². The molecule has 1 fully saturated rings. The van der Waals surface area contributed by atoms with Crippen LogP contribution in [0.1, 0.15) is 34.7 Å². The molecule has 1 saturated heterocycles. The average Bonchev–Trinajstić information content (AvgIpc) is 2.94. The van der Waals surface area contributed by atoms with Gasteiger partial charge in [0, 0.05) is 24.8 Å². The van der Waals surface area contributed by atoms with E-state index in [0.717, 1.165) is 6.07 Å². The van der Waals surface area contributed by atoms with Crippen LogP contribution >= 0.6 is 0 Å². The van der Waals surface area contributed by atoms with Crippen LogP contribution in [0.2, 0.25) is 0 Å². The van der Waals surface area contributed by atoms with E-state index >= 15 is 0 Å². The molecule has 0 saturated carbocycles. The highest BCUT2D eigenvalue weighted by molar-refractivity contribution is 5.92. The number of hydrogen-bond donors (Lipinski definition) is 2. The highest BCUT2D eigenvalue weighted by atomic mass is 19.1.